The van der Waals surface area contributed by atoms with Crippen LogP contribution < -0.4 is 5.32 Å². The minimum Gasteiger partial charge on any atom is -0.345 e. The smallest absolute Gasteiger partial charge is 0.244 e. The molecular formula is C18H25N3O2. The van der Waals surface area contributed by atoms with Gasteiger partial charge in [0.2, 0.25) is 11.8 Å². The second-order valence-corrected chi connectivity index (χ2v) is 5.86. The molecule has 2 amide bonds. The molecule has 0 radical (unpaired) electrons. The first-order chi connectivity index (χ1) is 11.1. The monoisotopic (exact) mass is 315 g/mol. The van der Waals surface area contributed by atoms with Crippen molar-refractivity contribution in [3.05, 3.63) is 42.0 Å². The molecule has 0 aromatic heterocycles. The van der Waals surface area contributed by atoms with Crippen molar-refractivity contribution >= 4 is 17.9 Å². The van der Waals surface area contributed by atoms with Gasteiger partial charge in [-0.3, -0.25) is 14.5 Å². The molecule has 1 fully saturated rings. The van der Waals surface area contributed by atoms with Gasteiger partial charge in [0, 0.05) is 39.6 Å². The molecule has 2 rings (SSSR count). The van der Waals surface area contributed by atoms with Crippen LogP contribution in [0.3, 0.4) is 0 Å². The highest BCUT2D eigenvalue weighted by Gasteiger charge is 2.24. The van der Waals surface area contributed by atoms with Gasteiger partial charge >= 0.3 is 0 Å². The summed E-state index contributed by atoms with van der Waals surface area (Å²) in [5, 5.41) is 2.65. The molecule has 0 aliphatic carbocycles. The molecule has 23 heavy (non-hydrogen) atoms. The van der Waals surface area contributed by atoms with E-state index in [4.69, 9.17) is 0 Å². The van der Waals surface area contributed by atoms with Gasteiger partial charge in [0.25, 0.3) is 0 Å². The van der Waals surface area contributed by atoms with E-state index in [1.807, 2.05) is 23.1 Å². The van der Waals surface area contributed by atoms with E-state index in [0.717, 1.165) is 19.6 Å². The van der Waals surface area contributed by atoms with Crippen molar-refractivity contribution in [3.63, 3.8) is 0 Å². The number of carbonyl (C=O) groups excluding carboxylic acids is 2. The zero-order valence-corrected chi connectivity index (χ0v) is 13.9. The number of carbonyl (C=O) groups is 2. The molecule has 0 saturated carbocycles. The van der Waals surface area contributed by atoms with Crippen molar-refractivity contribution < 1.29 is 9.59 Å². The van der Waals surface area contributed by atoms with Crippen LogP contribution in [-0.4, -0.2) is 60.4 Å². The fourth-order valence-corrected chi connectivity index (χ4v) is 2.69. The molecule has 1 saturated heterocycles. The molecule has 5 nitrogen and oxygen atoms in total. The number of rotatable bonds is 5. The van der Waals surface area contributed by atoms with E-state index in [-0.39, 0.29) is 11.8 Å². The Morgan fingerprint density at radius 1 is 1.17 bits per heavy atom. The molecule has 1 unspecified atom stereocenters. The summed E-state index contributed by atoms with van der Waals surface area (Å²) in [6, 6.07) is 9.78. The first kappa shape index (κ1) is 17.2. The van der Waals surface area contributed by atoms with Crippen molar-refractivity contribution in [1.29, 1.82) is 0 Å². The third-order valence-electron chi connectivity index (χ3n) is 3.95. The summed E-state index contributed by atoms with van der Waals surface area (Å²) in [5.41, 5.74) is 1.20. The van der Waals surface area contributed by atoms with Crippen LogP contribution >= 0.6 is 0 Å². The van der Waals surface area contributed by atoms with Crippen molar-refractivity contribution in [2.75, 3.05) is 32.7 Å². The third kappa shape index (κ3) is 5.53. The van der Waals surface area contributed by atoms with Crippen LogP contribution in [0.1, 0.15) is 19.4 Å². The maximum atomic E-state index is 12.2. The van der Waals surface area contributed by atoms with Crippen LogP contribution in [0.4, 0.5) is 0 Å². The van der Waals surface area contributed by atoms with E-state index in [2.05, 4.69) is 34.5 Å². The summed E-state index contributed by atoms with van der Waals surface area (Å²) in [4.78, 5) is 27.4. The van der Waals surface area contributed by atoms with Gasteiger partial charge in [0.05, 0.1) is 0 Å². The molecule has 1 aliphatic rings. The summed E-state index contributed by atoms with van der Waals surface area (Å²) in [6.07, 6.45) is 4.28. The first-order valence-corrected chi connectivity index (χ1v) is 8.06. The van der Waals surface area contributed by atoms with Gasteiger partial charge in [-0.2, -0.15) is 0 Å². The Hall–Kier alpha value is -2.14. The average molecular weight is 315 g/mol. The summed E-state index contributed by atoms with van der Waals surface area (Å²) in [7, 11) is 0. The fraction of sp³-hybridized carbons (Fsp3) is 0.444. The molecule has 0 spiro atoms. The Morgan fingerprint density at radius 2 is 1.83 bits per heavy atom. The lowest BCUT2D eigenvalue weighted by Gasteiger charge is -2.35. The predicted molar refractivity (Wildman–Crippen MR) is 91.8 cm³/mol. The molecule has 1 atom stereocenters. The van der Waals surface area contributed by atoms with Crippen LogP contribution in [0, 0.1) is 0 Å². The van der Waals surface area contributed by atoms with E-state index in [9.17, 15) is 9.59 Å². The predicted octanol–water partition coefficient (Wildman–Crippen LogP) is 1.37. The topological polar surface area (TPSA) is 52.7 Å². The molecule has 1 N–H and O–H groups in total. The minimum atomic E-state index is -0.447. The lowest BCUT2D eigenvalue weighted by molar-refractivity contribution is -0.137. The Bertz CT molecular complexity index is 549. The summed E-state index contributed by atoms with van der Waals surface area (Å²) in [5.74, 6) is -0.171. The highest BCUT2D eigenvalue weighted by molar-refractivity contribution is 5.86. The summed E-state index contributed by atoms with van der Waals surface area (Å²) >= 11 is 0. The minimum absolute atomic E-state index is 0.000298. The highest BCUT2D eigenvalue weighted by atomic mass is 16.2. The molecule has 1 aromatic carbocycles. The SMILES string of the molecule is CC(=O)NC(C)C(=O)N1CCN(CC=Cc2ccccc2)CC1. The first-order valence-electron chi connectivity index (χ1n) is 8.06. The Labute approximate surface area is 138 Å². The molecule has 1 aliphatic heterocycles. The number of nitrogens with one attached hydrogen (secondary N) is 1. The molecule has 1 heterocycles. The molecule has 1 aromatic rings. The number of benzene rings is 1. The number of hydrogen-bond donors (Lipinski definition) is 1. The number of amides is 2. The molecular weight excluding hydrogens is 290 g/mol. The van der Waals surface area contributed by atoms with Crippen molar-refractivity contribution in [2.24, 2.45) is 0 Å². The zero-order valence-electron chi connectivity index (χ0n) is 13.9. The zero-order chi connectivity index (χ0) is 16.7. The lowest BCUT2D eigenvalue weighted by atomic mass is 10.2. The molecule has 5 heteroatoms. The van der Waals surface area contributed by atoms with E-state index in [0.29, 0.717) is 13.1 Å². The van der Waals surface area contributed by atoms with E-state index in [1.165, 1.54) is 12.5 Å². The second kappa shape index (κ2) is 8.48. The standard InChI is InChI=1S/C18H25N3O2/c1-15(19-16(2)22)18(23)21-13-11-20(12-14-21)10-6-9-17-7-4-3-5-8-17/h3-9,15H,10-14H2,1-2H3,(H,19,22). The average Bonchev–Trinajstić information content (AvgIpc) is 2.55. The number of piperazine rings is 1. The molecule has 0 bridgehead atoms. The van der Waals surface area contributed by atoms with Gasteiger partial charge in [-0.15, -0.1) is 0 Å². The number of hydrogen-bond acceptors (Lipinski definition) is 3. The maximum absolute atomic E-state index is 12.2. The largest absolute Gasteiger partial charge is 0.345 e. The van der Waals surface area contributed by atoms with Gasteiger partial charge in [-0.1, -0.05) is 42.5 Å². The number of nitrogens with zero attached hydrogens (tertiary/aromatic N) is 2. The van der Waals surface area contributed by atoms with Crippen LogP contribution in [0.15, 0.2) is 36.4 Å². The molecule has 124 valence electrons. The normalized spacial score (nSPS) is 17.2. The van der Waals surface area contributed by atoms with Gasteiger partial charge in [0.15, 0.2) is 0 Å². The van der Waals surface area contributed by atoms with Crippen molar-refractivity contribution in [2.45, 2.75) is 19.9 Å². The van der Waals surface area contributed by atoms with Crippen LogP contribution in [0.5, 0.6) is 0 Å². The second-order valence-electron chi connectivity index (χ2n) is 5.86. The van der Waals surface area contributed by atoms with Gasteiger partial charge < -0.3 is 10.2 Å². The van der Waals surface area contributed by atoms with Gasteiger partial charge in [-0.05, 0) is 12.5 Å². The quantitative estimate of drug-likeness (QED) is 0.893. The van der Waals surface area contributed by atoms with Crippen LogP contribution in [0.25, 0.3) is 6.08 Å². The third-order valence-corrected chi connectivity index (χ3v) is 3.95. The van der Waals surface area contributed by atoms with E-state index >= 15 is 0 Å². The van der Waals surface area contributed by atoms with Crippen molar-refractivity contribution in [1.82, 2.24) is 15.1 Å². The van der Waals surface area contributed by atoms with Gasteiger partial charge in [0.1, 0.15) is 6.04 Å². The van der Waals surface area contributed by atoms with Crippen molar-refractivity contribution in [3.8, 4) is 0 Å². The highest BCUT2D eigenvalue weighted by Crippen LogP contribution is 2.06. The van der Waals surface area contributed by atoms with Crippen LogP contribution in [0.2, 0.25) is 0 Å². The summed E-state index contributed by atoms with van der Waals surface area (Å²) in [6.45, 7) is 7.19. The van der Waals surface area contributed by atoms with Gasteiger partial charge in [-0.25, -0.2) is 0 Å². The Balaban J connectivity index is 1.74. The van der Waals surface area contributed by atoms with Crippen LogP contribution in [-0.2, 0) is 9.59 Å². The lowest BCUT2D eigenvalue weighted by Crippen LogP contribution is -2.53. The Kier molecular flexibility index (Phi) is 6.35. The summed E-state index contributed by atoms with van der Waals surface area (Å²) < 4.78 is 0. The Morgan fingerprint density at radius 3 is 2.43 bits per heavy atom. The maximum Gasteiger partial charge on any atom is 0.244 e. The van der Waals surface area contributed by atoms with E-state index < -0.39 is 6.04 Å². The fourth-order valence-electron chi connectivity index (χ4n) is 2.69. The van der Waals surface area contributed by atoms with E-state index in [1.54, 1.807) is 6.92 Å².